The van der Waals surface area contributed by atoms with E-state index < -0.39 is 5.92 Å². The van der Waals surface area contributed by atoms with Crippen molar-refractivity contribution in [1.82, 2.24) is 10.2 Å². The largest absolute Gasteiger partial charge is 0.508 e. The van der Waals surface area contributed by atoms with Gasteiger partial charge in [-0.15, -0.1) is 5.10 Å². The lowest BCUT2D eigenvalue weighted by atomic mass is 9.83. The molecule has 1 aliphatic rings. The number of allylic oxidation sites excluding steroid dienone is 1. The van der Waals surface area contributed by atoms with Gasteiger partial charge in [0.25, 0.3) is 0 Å². The zero-order chi connectivity index (χ0) is 21.3. The number of phenolic OH excluding ortho intramolecular Hbond substituents is 1. The molecule has 8 nitrogen and oxygen atoms in total. The minimum atomic E-state index is -0.558. The van der Waals surface area contributed by atoms with Crippen molar-refractivity contribution in [2.45, 2.75) is 12.8 Å². The molecular weight excluding hydrogens is 384 g/mol. The topological polar surface area (TPSA) is 126 Å². The molecule has 0 spiro atoms. The normalized spacial score (nSPS) is 15.2. The lowest BCUT2D eigenvalue weighted by Crippen LogP contribution is -2.20. The van der Waals surface area contributed by atoms with Gasteiger partial charge in [0.2, 0.25) is 11.8 Å². The van der Waals surface area contributed by atoms with Crippen LogP contribution in [-0.2, 0) is 0 Å². The SMILES string of the molecule is CCOc1ccc(-c2[nH]nc3c2[C@@H](c2cccc(O)c2)C(C#N)=C(N)O3)cc1OC. The molecule has 30 heavy (non-hydrogen) atoms. The third-order valence-corrected chi connectivity index (χ3v) is 4.89. The van der Waals surface area contributed by atoms with Crippen LogP contribution in [0.1, 0.15) is 24.0 Å². The fraction of sp³-hybridized carbons (Fsp3) is 0.182. The lowest BCUT2D eigenvalue weighted by molar-refractivity contribution is 0.311. The van der Waals surface area contributed by atoms with Gasteiger partial charge in [-0.25, -0.2) is 0 Å². The van der Waals surface area contributed by atoms with Crippen LogP contribution in [0.4, 0.5) is 0 Å². The average molecular weight is 404 g/mol. The third-order valence-electron chi connectivity index (χ3n) is 4.89. The van der Waals surface area contributed by atoms with Gasteiger partial charge in [-0.05, 0) is 42.8 Å². The number of hydrogen-bond acceptors (Lipinski definition) is 7. The van der Waals surface area contributed by atoms with Crippen LogP contribution in [0, 0.1) is 11.3 Å². The number of H-pyrrole nitrogens is 1. The first-order valence-corrected chi connectivity index (χ1v) is 9.33. The van der Waals surface area contributed by atoms with Crippen LogP contribution in [0.25, 0.3) is 11.3 Å². The minimum Gasteiger partial charge on any atom is -0.508 e. The zero-order valence-corrected chi connectivity index (χ0v) is 16.5. The summed E-state index contributed by atoms with van der Waals surface area (Å²) in [6, 6.07) is 14.3. The Morgan fingerprint density at radius 2 is 2.10 bits per heavy atom. The quantitative estimate of drug-likeness (QED) is 0.595. The second-order valence-electron chi connectivity index (χ2n) is 6.64. The van der Waals surface area contributed by atoms with Crippen LogP contribution in [-0.4, -0.2) is 29.0 Å². The molecule has 0 bridgehead atoms. The highest BCUT2D eigenvalue weighted by molar-refractivity contribution is 5.73. The predicted molar refractivity (Wildman–Crippen MR) is 109 cm³/mol. The highest BCUT2D eigenvalue weighted by Gasteiger charge is 2.35. The summed E-state index contributed by atoms with van der Waals surface area (Å²) in [6.45, 7) is 2.41. The molecular formula is C22H20N4O4. The number of aromatic hydroxyl groups is 1. The molecule has 0 amide bonds. The van der Waals surface area contributed by atoms with E-state index in [1.807, 2.05) is 31.2 Å². The highest BCUT2D eigenvalue weighted by Crippen LogP contribution is 2.46. The summed E-state index contributed by atoms with van der Waals surface area (Å²) in [5.74, 6) is 0.989. The Morgan fingerprint density at radius 3 is 2.80 bits per heavy atom. The summed E-state index contributed by atoms with van der Waals surface area (Å²) < 4.78 is 16.7. The Kier molecular flexibility index (Phi) is 4.94. The standard InChI is InChI=1S/C22H20N4O4/c1-3-29-16-8-7-13(10-17(16)28-2)20-19-18(12-5-4-6-14(27)9-12)15(11-23)21(24)30-22(19)26-25-20/h4-10,18,27H,3,24H2,1-2H3,(H,25,26)/t18-/m0/s1. The van der Waals surface area contributed by atoms with Crippen molar-refractivity contribution in [3.8, 4) is 40.5 Å². The van der Waals surface area contributed by atoms with Crippen LogP contribution >= 0.6 is 0 Å². The molecule has 4 rings (SSSR count). The van der Waals surface area contributed by atoms with Gasteiger partial charge >= 0.3 is 0 Å². The number of aromatic amines is 1. The number of rotatable bonds is 5. The molecule has 0 saturated heterocycles. The maximum absolute atomic E-state index is 9.99. The second-order valence-corrected chi connectivity index (χ2v) is 6.64. The first-order valence-electron chi connectivity index (χ1n) is 9.33. The van der Waals surface area contributed by atoms with E-state index in [-0.39, 0.29) is 23.1 Å². The lowest BCUT2D eigenvalue weighted by Gasteiger charge is -2.24. The van der Waals surface area contributed by atoms with Crippen molar-refractivity contribution in [2.75, 3.05) is 13.7 Å². The Balaban J connectivity index is 1.90. The number of aromatic nitrogens is 2. The Labute approximate surface area is 173 Å². The molecule has 2 aromatic carbocycles. The van der Waals surface area contributed by atoms with E-state index in [0.717, 1.165) is 5.56 Å². The van der Waals surface area contributed by atoms with Crippen molar-refractivity contribution < 1.29 is 19.3 Å². The van der Waals surface area contributed by atoms with Gasteiger partial charge in [0, 0.05) is 5.56 Å². The first-order chi connectivity index (χ1) is 14.6. The Morgan fingerprint density at radius 1 is 1.27 bits per heavy atom. The van der Waals surface area contributed by atoms with E-state index in [1.165, 1.54) is 0 Å². The van der Waals surface area contributed by atoms with Gasteiger partial charge < -0.3 is 25.1 Å². The van der Waals surface area contributed by atoms with Gasteiger partial charge in [-0.3, -0.25) is 5.10 Å². The van der Waals surface area contributed by atoms with Gasteiger partial charge in [0.15, 0.2) is 11.5 Å². The van der Waals surface area contributed by atoms with E-state index in [1.54, 1.807) is 25.3 Å². The van der Waals surface area contributed by atoms with Crippen LogP contribution in [0.3, 0.4) is 0 Å². The fourth-order valence-electron chi connectivity index (χ4n) is 3.60. The highest BCUT2D eigenvalue weighted by atomic mass is 16.5. The number of nitrogens with one attached hydrogen (secondary N) is 1. The van der Waals surface area contributed by atoms with E-state index in [4.69, 9.17) is 19.9 Å². The second kappa shape index (κ2) is 7.72. The van der Waals surface area contributed by atoms with Crippen LogP contribution in [0.2, 0.25) is 0 Å². The predicted octanol–water partition coefficient (Wildman–Crippen LogP) is 3.41. The van der Waals surface area contributed by atoms with E-state index in [9.17, 15) is 10.4 Å². The smallest absolute Gasteiger partial charge is 0.244 e. The molecule has 1 aliphatic heterocycles. The monoisotopic (exact) mass is 404 g/mol. The number of nitrogens with zero attached hydrogens (tertiary/aromatic N) is 2. The molecule has 0 unspecified atom stereocenters. The maximum Gasteiger partial charge on any atom is 0.244 e. The van der Waals surface area contributed by atoms with Crippen LogP contribution in [0.5, 0.6) is 23.1 Å². The maximum atomic E-state index is 9.99. The molecule has 4 N–H and O–H groups in total. The summed E-state index contributed by atoms with van der Waals surface area (Å²) in [4.78, 5) is 0. The van der Waals surface area contributed by atoms with Gasteiger partial charge in [0.05, 0.1) is 30.9 Å². The number of ether oxygens (including phenoxy) is 3. The third kappa shape index (κ3) is 3.16. The van der Waals surface area contributed by atoms with Gasteiger partial charge in [0.1, 0.15) is 17.4 Å². The number of methoxy groups -OCH3 is 1. The van der Waals surface area contributed by atoms with Crippen molar-refractivity contribution in [3.05, 3.63) is 65.0 Å². The average Bonchev–Trinajstić information content (AvgIpc) is 3.16. The summed E-state index contributed by atoms with van der Waals surface area (Å²) in [5, 5.41) is 27.0. The Hall–Kier alpha value is -4.12. The summed E-state index contributed by atoms with van der Waals surface area (Å²) >= 11 is 0. The van der Waals surface area contributed by atoms with Crippen LogP contribution < -0.4 is 19.9 Å². The first kappa shape index (κ1) is 19.2. The van der Waals surface area contributed by atoms with E-state index in [2.05, 4.69) is 16.3 Å². The van der Waals surface area contributed by atoms with Crippen molar-refractivity contribution in [1.29, 1.82) is 5.26 Å². The molecule has 1 atom stereocenters. The Bertz CT molecular complexity index is 1180. The van der Waals surface area contributed by atoms with Crippen molar-refractivity contribution in [2.24, 2.45) is 5.73 Å². The number of hydrogen-bond donors (Lipinski definition) is 3. The summed E-state index contributed by atoms with van der Waals surface area (Å²) in [5.41, 5.74) is 9.01. The van der Waals surface area contributed by atoms with E-state index >= 15 is 0 Å². The number of nitriles is 1. The van der Waals surface area contributed by atoms with Crippen molar-refractivity contribution >= 4 is 0 Å². The number of fused-ring (bicyclic) bond motifs is 1. The van der Waals surface area contributed by atoms with E-state index in [0.29, 0.717) is 34.9 Å². The number of nitrogens with two attached hydrogens (primary N) is 1. The molecule has 0 aliphatic carbocycles. The minimum absolute atomic E-state index is 0.0133. The molecule has 3 aromatic rings. The molecule has 8 heteroatoms. The molecule has 0 fully saturated rings. The molecule has 152 valence electrons. The van der Waals surface area contributed by atoms with Gasteiger partial charge in [-0.1, -0.05) is 12.1 Å². The van der Waals surface area contributed by atoms with Crippen LogP contribution in [0.15, 0.2) is 53.9 Å². The molecule has 0 saturated carbocycles. The molecule has 1 aromatic heterocycles. The zero-order valence-electron chi connectivity index (χ0n) is 16.5. The van der Waals surface area contributed by atoms with Gasteiger partial charge in [-0.2, -0.15) is 5.26 Å². The van der Waals surface area contributed by atoms with Crippen molar-refractivity contribution in [3.63, 3.8) is 0 Å². The summed E-state index contributed by atoms with van der Waals surface area (Å²) in [6.07, 6.45) is 0. The summed E-state index contributed by atoms with van der Waals surface area (Å²) in [7, 11) is 1.57. The fourth-order valence-corrected chi connectivity index (χ4v) is 3.60. The number of benzene rings is 2. The number of phenols is 1. The molecule has 2 heterocycles. The molecule has 0 radical (unpaired) electrons.